The van der Waals surface area contributed by atoms with Crippen LogP contribution in [-0.4, -0.2) is 17.0 Å². The highest BCUT2D eigenvalue weighted by atomic mass is 16.5. The second-order valence-electron chi connectivity index (χ2n) is 3.97. The summed E-state index contributed by atoms with van der Waals surface area (Å²) in [6.45, 7) is 3.73. The van der Waals surface area contributed by atoms with E-state index in [1.54, 1.807) is 24.3 Å². The Morgan fingerprint density at radius 1 is 1.33 bits per heavy atom. The van der Waals surface area contributed by atoms with E-state index in [2.05, 4.69) is 0 Å². The molecule has 0 heterocycles. The molecule has 0 aliphatic heterocycles. The number of carboxylic acid groups (broad SMARTS) is 1. The maximum Gasteiger partial charge on any atom is 0.328 e. The molecule has 0 radical (unpaired) electrons. The summed E-state index contributed by atoms with van der Waals surface area (Å²) in [6.07, 6.45) is 3.26. The Morgan fingerprint density at radius 3 is 2.44 bits per heavy atom. The number of carbonyl (C=O) groups is 2. The first-order valence-electron chi connectivity index (χ1n) is 5.75. The van der Waals surface area contributed by atoms with Crippen LogP contribution in [0.4, 0.5) is 0 Å². The van der Waals surface area contributed by atoms with Gasteiger partial charge < -0.3 is 9.84 Å². The van der Waals surface area contributed by atoms with Crippen molar-refractivity contribution in [2.45, 2.75) is 20.3 Å². The van der Waals surface area contributed by atoms with Gasteiger partial charge in [0.05, 0.1) is 5.92 Å². The second-order valence-corrected chi connectivity index (χ2v) is 3.97. The molecule has 1 aromatic rings. The minimum Gasteiger partial charge on any atom is -0.478 e. The number of carbonyl (C=O) groups excluding carboxylic acids is 1. The van der Waals surface area contributed by atoms with Crippen LogP contribution in [0.3, 0.4) is 0 Å². The van der Waals surface area contributed by atoms with Crippen LogP contribution in [-0.2, 0) is 9.59 Å². The molecule has 4 heteroatoms. The number of aliphatic carboxylic acids is 1. The first-order chi connectivity index (χ1) is 8.52. The number of rotatable bonds is 5. The van der Waals surface area contributed by atoms with Crippen LogP contribution < -0.4 is 4.74 Å². The van der Waals surface area contributed by atoms with Crippen molar-refractivity contribution in [1.82, 2.24) is 0 Å². The predicted molar refractivity (Wildman–Crippen MR) is 68.2 cm³/mol. The van der Waals surface area contributed by atoms with E-state index in [9.17, 15) is 9.59 Å². The van der Waals surface area contributed by atoms with Crippen molar-refractivity contribution >= 4 is 18.0 Å². The van der Waals surface area contributed by atoms with Crippen LogP contribution in [0.25, 0.3) is 6.08 Å². The average Bonchev–Trinajstić information content (AvgIpc) is 2.36. The van der Waals surface area contributed by atoms with Crippen molar-refractivity contribution in [2.75, 3.05) is 0 Å². The van der Waals surface area contributed by atoms with Crippen molar-refractivity contribution < 1.29 is 19.4 Å². The Balaban J connectivity index is 2.66. The first kappa shape index (κ1) is 14.0. The van der Waals surface area contributed by atoms with Crippen molar-refractivity contribution in [2.24, 2.45) is 5.92 Å². The van der Waals surface area contributed by atoms with E-state index in [0.717, 1.165) is 18.1 Å². The lowest BCUT2D eigenvalue weighted by Gasteiger charge is -2.08. The molecular formula is C14H16O4. The normalized spacial score (nSPS) is 12.3. The lowest BCUT2D eigenvalue weighted by Crippen LogP contribution is -2.16. The van der Waals surface area contributed by atoms with E-state index in [4.69, 9.17) is 9.84 Å². The van der Waals surface area contributed by atoms with Crippen LogP contribution in [0.5, 0.6) is 5.75 Å². The summed E-state index contributed by atoms with van der Waals surface area (Å²) < 4.78 is 5.17. The Kier molecular flexibility index (Phi) is 5.11. The molecule has 1 aromatic carbocycles. The molecular weight excluding hydrogens is 232 g/mol. The fourth-order valence-electron chi connectivity index (χ4n) is 1.20. The zero-order chi connectivity index (χ0) is 13.5. The molecule has 1 atom stereocenters. The number of hydrogen-bond acceptors (Lipinski definition) is 3. The Hall–Kier alpha value is -2.10. The van der Waals surface area contributed by atoms with Gasteiger partial charge in [-0.2, -0.15) is 0 Å². The molecule has 0 saturated carbocycles. The number of esters is 1. The third-order valence-corrected chi connectivity index (χ3v) is 2.53. The molecule has 1 rings (SSSR count). The van der Waals surface area contributed by atoms with Gasteiger partial charge in [0.2, 0.25) is 0 Å². The highest BCUT2D eigenvalue weighted by Crippen LogP contribution is 2.15. The monoisotopic (exact) mass is 248 g/mol. The van der Waals surface area contributed by atoms with Crippen LogP contribution >= 0.6 is 0 Å². The van der Waals surface area contributed by atoms with Gasteiger partial charge in [-0.05, 0) is 30.2 Å². The molecule has 1 unspecified atom stereocenters. The van der Waals surface area contributed by atoms with Crippen molar-refractivity contribution in [3.63, 3.8) is 0 Å². The van der Waals surface area contributed by atoms with Crippen LogP contribution in [0.1, 0.15) is 25.8 Å². The van der Waals surface area contributed by atoms with Gasteiger partial charge in [0.15, 0.2) is 0 Å². The van der Waals surface area contributed by atoms with Gasteiger partial charge in [0.25, 0.3) is 0 Å². The second kappa shape index (κ2) is 6.59. The van der Waals surface area contributed by atoms with Crippen LogP contribution in [0, 0.1) is 5.92 Å². The number of ether oxygens (including phenoxy) is 1. The van der Waals surface area contributed by atoms with Gasteiger partial charge in [-0.15, -0.1) is 0 Å². The van der Waals surface area contributed by atoms with Gasteiger partial charge in [0, 0.05) is 6.08 Å². The quantitative estimate of drug-likeness (QED) is 0.494. The SMILES string of the molecule is CCC(C)C(=O)Oc1ccc(/C=C/C(=O)O)cc1. The van der Waals surface area contributed by atoms with E-state index in [-0.39, 0.29) is 11.9 Å². The lowest BCUT2D eigenvalue weighted by molar-refractivity contribution is -0.138. The summed E-state index contributed by atoms with van der Waals surface area (Å²) in [5.41, 5.74) is 0.737. The molecule has 0 spiro atoms. The molecule has 0 aliphatic rings. The van der Waals surface area contributed by atoms with Gasteiger partial charge in [0.1, 0.15) is 5.75 Å². The number of benzene rings is 1. The molecule has 1 N–H and O–H groups in total. The van der Waals surface area contributed by atoms with E-state index in [1.807, 2.05) is 13.8 Å². The summed E-state index contributed by atoms with van der Waals surface area (Å²) in [5.74, 6) is -0.919. The predicted octanol–water partition coefficient (Wildman–Crippen LogP) is 2.74. The fourth-order valence-corrected chi connectivity index (χ4v) is 1.20. The highest BCUT2D eigenvalue weighted by Gasteiger charge is 2.12. The minimum absolute atomic E-state index is 0.128. The Morgan fingerprint density at radius 2 is 1.94 bits per heavy atom. The number of hydrogen-bond donors (Lipinski definition) is 1. The highest BCUT2D eigenvalue weighted by molar-refractivity contribution is 5.85. The first-order valence-corrected chi connectivity index (χ1v) is 5.75. The zero-order valence-corrected chi connectivity index (χ0v) is 10.4. The summed E-state index contributed by atoms with van der Waals surface area (Å²) in [7, 11) is 0. The molecule has 0 aliphatic carbocycles. The maximum absolute atomic E-state index is 11.5. The van der Waals surface area contributed by atoms with Gasteiger partial charge >= 0.3 is 11.9 Å². The van der Waals surface area contributed by atoms with E-state index < -0.39 is 5.97 Å². The number of carboxylic acids is 1. The molecule has 0 amide bonds. The van der Waals surface area contributed by atoms with Gasteiger partial charge in [-0.3, -0.25) is 4.79 Å². The molecule has 18 heavy (non-hydrogen) atoms. The van der Waals surface area contributed by atoms with Crippen LogP contribution in [0.15, 0.2) is 30.3 Å². The van der Waals surface area contributed by atoms with Gasteiger partial charge in [-0.1, -0.05) is 26.0 Å². The maximum atomic E-state index is 11.5. The topological polar surface area (TPSA) is 63.6 Å². The van der Waals surface area contributed by atoms with Crippen LogP contribution in [0.2, 0.25) is 0 Å². The van der Waals surface area contributed by atoms with Gasteiger partial charge in [-0.25, -0.2) is 4.79 Å². The molecule has 0 aromatic heterocycles. The van der Waals surface area contributed by atoms with Crippen molar-refractivity contribution in [3.8, 4) is 5.75 Å². The Bertz CT molecular complexity index is 445. The van der Waals surface area contributed by atoms with E-state index in [0.29, 0.717) is 5.75 Å². The third-order valence-electron chi connectivity index (χ3n) is 2.53. The summed E-state index contributed by atoms with van der Waals surface area (Å²) in [6, 6.07) is 6.67. The largest absolute Gasteiger partial charge is 0.478 e. The summed E-state index contributed by atoms with van der Waals surface area (Å²) >= 11 is 0. The van der Waals surface area contributed by atoms with Crippen molar-refractivity contribution in [1.29, 1.82) is 0 Å². The lowest BCUT2D eigenvalue weighted by atomic mass is 10.1. The smallest absolute Gasteiger partial charge is 0.328 e. The summed E-state index contributed by atoms with van der Waals surface area (Å²) in [4.78, 5) is 21.9. The fraction of sp³-hybridized carbons (Fsp3) is 0.286. The molecule has 0 fully saturated rings. The third kappa shape index (κ3) is 4.41. The van der Waals surface area contributed by atoms with Crippen molar-refractivity contribution in [3.05, 3.63) is 35.9 Å². The molecule has 96 valence electrons. The zero-order valence-electron chi connectivity index (χ0n) is 10.4. The molecule has 4 nitrogen and oxygen atoms in total. The molecule has 0 saturated heterocycles. The standard InChI is InChI=1S/C14H16O4/c1-3-10(2)14(17)18-12-7-4-11(5-8-12)6-9-13(15)16/h4-10H,3H2,1-2H3,(H,15,16)/b9-6+. The molecule has 0 bridgehead atoms. The Labute approximate surface area is 106 Å². The average molecular weight is 248 g/mol. The summed E-state index contributed by atoms with van der Waals surface area (Å²) in [5, 5.41) is 8.48. The van der Waals surface area contributed by atoms with E-state index >= 15 is 0 Å². The minimum atomic E-state index is -0.998. The van der Waals surface area contributed by atoms with E-state index in [1.165, 1.54) is 6.08 Å².